The molecule has 7 nitrogen and oxygen atoms in total. The molecule has 2 fully saturated rings. The average molecular weight is 485 g/mol. The first-order valence-electron chi connectivity index (χ1n) is 11.6. The van der Waals surface area contributed by atoms with Crippen molar-refractivity contribution in [1.82, 2.24) is 15.3 Å². The number of aromatic nitrogens is 2. The van der Waals surface area contributed by atoms with E-state index in [1.54, 1.807) is 6.20 Å². The summed E-state index contributed by atoms with van der Waals surface area (Å²) in [5.74, 6) is 0.433. The van der Waals surface area contributed by atoms with Gasteiger partial charge in [-0.1, -0.05) is 60.7 Å². The zero-order valence-corrected chi connectivity index (χ0v) is 19.7. The van der Waals surface area contributed by atoms with Crippen LogP contribution in [0.5, 0.6) is 0 Å². The molecule has 0 radical (unpaired) electrons. The molecule has 4 unspecified atom stereocenters. The Hall–Kier alpha value is -3.59. The van der Waals surface area contributed by atoms with E-state index in [-0.39, 0.29) is 30.2 Å². The second-order valence-electron chi connectivity index (χ2n) is 8.61. The van der Waals surface area contributed by atoms with E-state index in [0.717, 1.165) is 16.8 Å². The molecule has 176 valence electrons. The summed E-state index contributed by atoms with van der Waals surface area (Å²) in [6.07, 6.45) is 1.37. The fraction of sp³-hybridized carbons (Fsp3) is 0.222. The highest BCUT2D eigenvalue weighted by molar-refractivity contribution is 7.12. The van der Waals surface area contributed by atoms with Crippen molar-refractivity contribution in [2.75, 3.05) is 18.5 Å². The smallest absolute Gasteiger partial charge is 0.261 e. The molecule has 6 rings (SSSR count). The molecular weight excluding hydrogens is 460 g/mol. The molecular formula is C27H24N4O3S. The molecule has 4 atom stereocenters. The Labute approximate surface area is 207 Å². The minimum Gasteiger partial charge on any atom is -0.371 e. The maximum atomic E-state index is 12.4. The van der Waals surface area contributed by atoms with Gasteiger partial charge in [-0.3, -0.25) is 4.79 Å². The third-order valence-corrected chi connectivity index (χ3v) is 7.24. The van der Waals surface area contributed by atoms with Crippen LogP contribution in [-0.2, 0) is 9.47 Å². The topological polar surface area (TPSA) is 85.4 Å². The molecule has 0 aliphatic carbocycles. The number of fused-ring (bicyclic) bond motifs is 1. The first-order chi connectivity index (χ1) is 17.2. The summed E-state index contributed by atoms with van der Waals surface area (Å²) in [5.41, 5.74) is 4.20. The lowest BCUT2D eigenvalue weighted by Gasteiger charge is -2.18. The second-order valence-corrected chi connectivity index (χ2v) is 9.56. The molecule has 2 aromatic heterocycles. The third kappa shape index (κ3) is 4.55. The Balaban J connectivity index is 1.12. The van der Waals surface area contributed by atoms with Gasteiger partial charge in [0, 0.05) is 11.8 Å². The second kappa shape index (κ2) is 9.58. The molecule has 4 aromatic rings. The van der Waals surface area contributed by atoms with Gasteiger partial charge in [-0.05, 0) is 28.6 Å². The molecule has 0 spiro atoms. The van der Waals surface area contributed by atoms with Crippen molar-refractivity contribution in [2.45, 2.75) is 24.3 Å². The summed E-state index contributed by atoms with van der Waals surface area (Å²) in [6.45, 7) is 0.874. The molecule has 2 aliphatic heterocycles. The molecule has 2 saturated heterocycles. The Kier molecular flexibility index (Phi) is 5.99. The van der Waals surface area contributed by atoms with Gasteiger partial charge in [-0.15, -0.1) is 11.3 Å². The molecule has 0 bridgehead atoms. The largest absolute Gasteiger partial charge is 0.371 e. The number of hydrogen-bond donors (Lipinski definition) is 2. The van der Waals surface area contributed by atoms with Crippen molar-refractivity contribution in [2.24, 2.45) is 0 Å². The Morgan fingerprint density at radius 3 is 2.31 bits per heavy atom. The predicted octanol–water partition coefficient (Wildman–Crippen LogP) is 4.25. The van der Waals surface area contributed by atoms with Crippen LogP contribution in [-0.4, -0.2) is 53.4 Å². The van der Waals surface area contributed by atoms with E-state index in [1.165, 1.54) is 16.9 Å². The first-order valence-corrected chi connectivity index (χ1v) is 12.5. The van der Waals surface area contributed by atoms with Crippen LogP contribution in [0.1, 0.15) is 9.67 Å². The fourth-order valence-corrected chi connectivity index (χ4v) is 5.24. The van der Waals surface area contributed by atoms with Crippen molar-refractivity contribution >= 4 is 23.2 Å². The number of carbonyl (C=O) groups excluding carboxylic acids is 1. The van der Waals surface area contributed by atoms with Crippen molar-refractivity contribution in [3.8, 4) is 22.4 Å². The molecule has 4 heterocycles. The molecule has 2 aliphatic rings. The van der Waals surface area contributed by atoms with Gasteiger partial charge in [0.15, 0.2) is 0 Å². The molecule has 2 aromatic carbocycles. The number of amides is 1. The maximum absolute atomic E-state index is 12.4. The monoisotopic (exact) mass is 484 g/mol. The quantitative estimate of drug-likeness (QED) is 0.426. The number of nitrogens with one attached hydrogen (secondary N) is 2. The van der Waals surface area contributed by atoms with Gasteiger partial charge < -0.3 is 20.1 Å². The summed E-state index contributed by atoms with van der Waals surface area (Å²) >= 11 is 1.42. The minimum atomic E-state index is -0.204. The molecule has 1 amide bonds. The van der Waals surface area contributed by atoms with Crippen LogP contribution in [0.25, 0.3) is 22.4 Å². The molecule has 2 N–H and O–H groups in total. The summed E-state index contributed by atoms with van der Waals surface area (Å²) in [5, 5.41) is 8.31. The van der Waals surface area contributed by atoms with Gasteiger partial charge >= 0.3 is 0 Å². The van der Waals surface area contributed by atoms with Gasteiger partial charge in [0.2, 0.25) is 5.95 Å². The lowest BCUT2D eigenvalue weighted by Crippen LogP contribution is -2.44. The zero-order valence-electron chi connectivity index (χ0n) is 18.8. The van der Waals surface area contributed by atoms with Crippen LogP contribution in [0.3, 0.4) is 0 Å². The Morgan fingerprint density at radius 1 is 0.829 bits per heavy atom. The van der Waals surface area contributed by atoms with Crippen molar-refractivity contribution < 1.29 is 14.3 Å². The van der Waals surface area contributed by atoms with E-state index in [4.69, 9.17) is 14.5 Å². The van der Waals surface area contributed by atoms with E-state index < -0.39 is 0 Å². The lowest BCUT2D eigenvalue weighted by atomic mass is 10.0. The van der Waals surface area contributed by atoms with Crippen LogP contribution < -0.4 is 10.6 Å². The van der Waals surface area contributed by atoms with Gasteiger partial charge in [-0.25, -0.2) is 9.97 Å². The predicted molar refractivity (Wildman–Crippen MR) is 135 cm³/mol. The van der Waals surface area contributed by atoms with E-state index in [1.807, 2.05) is 41.8 Å². The Bertz CT molecular complexity index is 1300. The zero-order chi connectivity index (χ0) is 23.6. The first kappa shape index (κ1) is 21.9. The molecule has 0 saturated carbocycles. The van der Waals surface area contributed by atoms with Gasteiger partial charge in [-0.2, -0.15) is 0 Å². The van der Waals surface area contributed by atoms with Crippen molar-refractivity contribution in [1.29, 1.82) is 0 Å². The molecule has 8 heteroatoms. The van der Waals surface area contributed by atoms with Gasteiger partial charge in [0.25, 0.3) is 5.91 Å². The van der Waals surface area contributed by atoms with E-state index in [2.05, 4.69) is 52.0 Å². The van der Waals surface area contributed by atoms with Gasteiger partial charge in [0.1, 0.15) is 12.2 Å². The number of nitrogens with zero attached hydrogens (tertiary/aromatic N) is 2. The summed E-state index contributed by atoms with van der Waals surface area (Å²) < 4.78 is 12.0. The number of thiophene rings is 1. The Morgan fingerprint density at radius 2 is 1.54 bits per heavy atom. The average Bonchev–Trinajstić information content (AvgIpc) is 3.66. The highest BCUT2D eigenvalue weighted by Gasteiger charge is 2.48. The van der Waals surface area contributed by atoms with Crippen molar-refractivity contribution in [3.63, 3.8) is 0 Å². The number of anilines is 1. The number of carbonyl (C=O) groups is 1. The standard InChI is InChI=1S/C27H24N4O3S/c32-26(23-7-4-14-35-23)29-21-15-33-25-22(16-34-24(21)25)31-27-28-13-12-20(30-27)19-10-8-18(9-11-19)17-5-2-1-3-6-17/h1-14,21-22,24-25H,15-16H2,(H,29,32)(H,28,30,31). The van der Waals surface area contributed by atoms with Crippen LogP contribution in [0.2, 0.25) is 0 Å². The summed E-state index contributed by atoms with van der Waals surface area (Å²) in [7, 11) is 0. The van der Waals surface area contributed by atoms with Gasteiger partial charge in [0.05, 0.1) is 35.9 Å². The van der Waals surface area contributed by atoms with E-state index in [0.29, 0.717) is 24.0 Å². The summed E-state index contributed by atoms with van der Waals surface area (Å²) in [4.78, 5) is 22.3. The highest BCUT2D eigenvalue weighted by Crippen LogP contribution is 2.30. The van der Waals surface area contributed by atoms with Crippen LogP contribution in [0.15, 0.2) is 84.4 Å². The number of benzene rings is 2. The maximum Gasteiger partial charge on any atom is 0.261 e. The normalized spacial score (nSPS) is 23.1. The summed E-state index contributed by atoms with van der Waals surface area (Å²) in [6, 6.07) is 23.9. The highest BCUT2D eigenvalue weighted by atomic mass is 32.1. The number of ether oxygens (including phenoxy) is 2. The van der Waals surface area contributed by atoms with Crippen molar-refractivity contribution in [3.05, 3.63) is 89.3 Å². The SMILES string of the molecule is O=C(NC1COC2C(Nc3nccc(-c4ccc(-c5ccccc5)cc4)n3)COC12)c1cccs1. The number of rotatable bonds is 6. The third-order valence-electron chi connectivity index (χ3n) is 6.37. The molecule has 35 heavy (non-hydrogen) atoms. The van der Waals surface area contributed by atoms with Crippen LogP contribution in [0.4, 0.5) is 5.95 Å². The van der Waals surface area contributed by atoms with E-state index in [9.17, 15) is 4.79 Å². The van der Waals surface area contributed by atoms with E-state index >= 15 is 0 Å². The number of hydrogen-bond acceptors (Lipinski definition) is 7. The lowest BCUT2D eigenvalue weighted by molar-refractivity contribution is 0.0652. The minimum absolute atomic E-state index is 0.0939. The fourth-order valence-electron chi connectivity index (χ4n) is 4.61. The van der Waals surface area contributed by atoms with Crippen LogP contribution >= 0.6 is 11.3 Å². The van der Waals surface area contributed by atoms with Crippen LogP contribution in [0, 0.1) is 0 Å².